The standard InChI is InChI=1S/C11H14N2/c1-7-2-3-8(10-6-9(7)10)11-12-4-5-13-11/h2-3,9-10H,4-6H2,1H3,(H,12,13). The number of nitrogens with one attached hydrogen (secondary N) is 1. The molecule has 2 aliphatic carbocycles. The van der Waals surface area contributed by atoms with Crippen molar-refractivity contribution < 1.29 is 0 Å². The van der Waals surface area contributed by atoms with Crippen LogP contribution in [0.3, 0.4) is 0 Å². The Morgan fingerprint density at radius 2 is 2.31 bits per heavy atom. The van der Waals surface area contributed by atoms with Gasteiger partial charge in [0.05, 0.1) is 6.54 Å². The number of aliphatic imine (C=N–C) groups is 1. The van der Waals surface area contributed by atoms with Crippen LogP contribution in [-0.2, 0) is 0 Å². The molecular formula is C11H14N2. The number of amidine groups is 1. The van der Waals surface area contributed by atoms with Crippen molar-refractivity contribution in [1.29, 1.82) is 0 Å². The van der Waals surface area contributed by atoms with Crippen LogP contribution in [0.2, 0.25) is 0 Å². The average Bonchev–Trinajstić information content (AvgIpc) is 2.75. The number of fused-ring (bicyclic) bond motifs is 1. The fraction of sp³-hybridized carbons (Fsp3) is 0.545. The molecule has 1 aliphatic heterocycles. The van der Waals surface area contributed by atoms with Gasteiger partial charge in [0.15, 0.2) is 0 Å². The summed E-state index contributed by atoms with van der Waals surface area (Å²) < 4.78 is 0. The lowest BCUT2D eigenvalue weighted by Gasteiger charge is -2.11. The van der Waals surface area contributed by atoms with E-state index in [9.17, 15) is 0 Å². The third-order valence-electron chi connectivity index (χ3n) is 3.25. The topological polar surface area (TPSA) is 24.4 Å². The molecule has 0 radical (unpaired) electrons. The largest absolute Gasteiger partial charge is 0.368 e. The third kappa shape index (κ3) is 1.05. The van der Waals surface area contributed by atoms with Gasteiger partial charge in [-0.3, -0.25) is 4.99 Å². The van der Waals surface area contributed by atoms with Gasteiger partial charge in [-0.05, 0) is 30.8 Å². The number of nitrogens with zero attached hydrogens (tertiary/aromatic N) is 1. The highest BCUT2D eigenvalue weighted by atomic mass is 15.1. The normalized spacial score (nSPS) is 35.6. The highest BCUT2D eigenvalue weighted by molar-refractivity contribution is 6.00. The van der Waals surface area contributed by atoms with Crippen LogP contribution >= 0.6 is 0 Å². The van der Waals surface area contributed by atoms with E-state index in [1.54, 1.807) is 5.57 Å². The van der Waals surface area contributed by atoms with Gasteiger partial charge in [0.2, 0.25) is 0 Å². The van der Waals surface area contributed by atoms with E-state index in [0.29, 0.717) is 0 Å². The van der Waals surface area contributed by atoms with Gasteiger partial charge in [-0.25, -0.2) is 0 Å². The minimum atomic E-state index is 0.786. The summed E-state index contributed by atoms with van der Waals surface area (Å²) in [5.74, 6) is 2.79. The molecule has 2 unspecified atom stereocenters. The highest BCUT2D eigenvalue weighted by Crippen LogP contribution is 2.51. The van der Waals surface area contributed by atoms with Crippen molar-refractivity contribution in [3.8, 4) is 0 Å². The van der Waals surface area contributed by atoms with Crippen molar-refractivity contribution in [3.05, 3.63) is 23.3 Å². The Balaban J connectivity index is 1.92. The van der Waals surface area contributed by atoms with Gasteiger partial charge in [-0.2, -0.15) is 0 Å². The van der Waals surface area contributed by atoms with E-state index in [-0.39, 0.29) is 0 Å². The SMILES string of the molecule is CC1=CC=C(C2=NCCN2)C2CC12. The Morgan fingerprint density at radius 1 is 1.38 bits per heavy atom. The molecular weight excluding hydrogens is 160 g/mol. The van der Waals surface area contributed by atoms with E-state index in [4.69, 9.17) is 0 Å². The Labute approximate surface area is 78.4 Å². The summed E-state index contributed by atoms with van der Waals surface area (Å²) in [4.78, 5) is 4.47. The summed E-state index contributed by atoms with van der Waals surface area (Å²) in [6, 6.07) is 0. The molecule has 3 aliphatic rings. The van der Waals surface area contributed by atoms with Gasteiger partial charge < -0.3 is 5.32 Å². The van der Waals surface area contributed by atoms with Gasteiger partial charge in [0, 0.05) is 6.54 Å². The first-order chi connectivity index (χ1) is 6.36. The molecule has 0 amide bonds. The van der Waals surface area contributed by atoms with Crippen molar-refractivity contribution in [3.63, 3.8) is 0 Å². The monoisotopic (exact) mass is 174 g/mol. The zero-order chi connectivity index (χ0) is 8.84. The minimum Gasteiger partial charge on any atom is -0.368 e. The van der Waals surface area contributed by atoms with Gasteiger partial charge in [-0.1, -0.05) is 17.7 Å². The molecule has 0 aromatic heterocycles. The first kappa shape index (κ1) is 7.36. The Morgan fingerprint density at radius 3 is 3.08 bits per heavy atom. The second-order valence-corrected chi connectivity index (χ2v) is 4.14. The van der Waals surface area contributed by atoms with Crippen molar-refractivity contribution in [2.75, 3.05) is 13.1 Å². The van der Waals surface area contributed by atoms with Crippen LogP contribution in [0.15, 0.2) is 28.3 Å². The first-order valence-electron chi connectivity index (χ1n) is 5.03. The maximum Gasteiger partial charge on any atom is 0.124 e. The summed E-state index contributed by atoms with van der Waals surface area (Å²) in [7, 11) is 0. The smallest absolute Gasteiger partial charge is 0.124 e. The summed E-state index contributed by atoms with van der Waals surface area (Å²) >= 11 is 0. The maximum atomic E-state index is 4.47. The minimum absolute atomic E-state index is 0.786. The predicted octanol–water partition coefficient (Wildman–Crippen LogP) is 1.51. The quantitative estimate of drug-likeness (QED) is 0.640. The van der Waals surface area contributed by atoms with E-state index >= 15 is 0 Å². The van der Waals surface area contributed by atoms with Gasteiger partial charge in [0.1, 0.15) is 5.84 Å². The zero-order valence-electron chi connectivity index (χ0n) is 7.88. The molecule has 1 saturated carbocycles. The fourth-order valence-corrected chi connectivity index (χ4v) is 2.36. The van der Waals surface area contributed by atoms with Crippen LogP contribution in [0.25, 0.3) is 0 Å². The van der Waals surface area contributed by atoms with E-state index in [0.717, 1.165) is 30.8 Å². The molecule has 2 heteroatoms. The molecule has 1 heterocycles. The zero-order valence-corrected chi connectivity index (χ0v) is 7.88. The second-order valence-electron chi connectivity index (χ2n) is 4.14. The summed E-state index contributed by atoms with van der Waals surface area (Å²) in [5.41, 5.74) is 3.00. The Kier molecular flexibility index (Phi) is 1.40. The molecule has 0 spiro atoms. The molecule has 68 valence electrons. The number of allylic oxidation sites excluding steroid dienone is 3. The van der Waals surface area contributed by atoms with Gasteiger partial charge in [0.25, 0.3) is 0 Å². The Bertz CT molecular complexity index is 336. The van der Waals surface area contributed by atoms with Crippen LogP contribution in [-0.4, -0.2) is 18.9 Å². The lowest BCUT2D eigenvalue weighted by molar-refractivity contribution is 0.878. The molecule has 0 aromatic rings. The summed E-state index contributed by atoms with van der Waals surface area (Å²) in [5, 5.41) is 3.35. The predicted molar refractivity (Wildman–Crippen MR) is 53.7 cm³/mol. The van der Waals surface area contributed by atoms with E-state index in [2.05, 4.69) is 29.4 Å². The molecule has 1 N–H and O–H groups in total. The highest BCUT2D eigenvalue weighted by Gasteiger charge is 2.43. The van der Waals surface area contributed by atoms with Crippen LogP contribution in [0.4, 0.5) is 0 Å². The van der Waals surface area contributed by atoms with Crippen LogP contribution in [0.1, 0.15) is 13.3 Å². The van der Waals surface area contributed by atoms with E-state index in [1.807, 2.05) is 0 Å². The summed E-state index contributed by atoms with van der Waals surface area (Å²) in [6.07, 6.45) is 5.85. The molecule has 1 fully saturated rings. The number of hydrogen-bond acceptors (Lipinski definition) is 2. The Hall–Kier alpha value is -1.05. The molecule has 0 saturated heterocycles. The van der Waals surface area contributed by atoms with Crippen molar-refractivity contribution in [1.82, 2.24) is 5.32 Å². The molecule has 2 atom stereocenters. The lowest BCUT2D eigenvalue weighted by atomic mass is 9.99. The average molecular weight is 174 g/mol. The van der Waals surface area contributed by atoms with E-state index in [1.165, 1.54) is 12.0 Å². The number of hydrogen-bond donors (Lipinski definition) is 1. The van der Waals surface area contributed by atoms with Crippen molar-refractivity contribution in [2.45, 2.75) is 13.3 Å². The van der Waals surface area contributed by atoms with Crippen molar-refractivity contribution in [2.24, 2.45) is 16.8 Å². The van der Waals surface area contributed by atoms with Gasteiger partial charge >= 0.3 is 0 Å². The van der Waals surface area contributed by atoms with Gasteiger partial charge in [-0.15, -0.1) is 0 Å². The lowest BCUT2D eigenvalue weighted by Crippen LogP contribution is -2.22. The molecule has 0 bridgehead atoms. The van der Waals surface area contributed by atoms with Crippen LogP contribution in [0.5, 0.6) is 0 Å². The van der Waals surface area contributed by atoms with E-state index < -0.39 is 0 Å². The molecule has 2 nitrogen and oxygen atoms in total. The fourth-order valence-electron chi connectivity index (χ4n) is 2.36. The summed E-state index contributed by atoms with van der Waals surface area (Å²) in [6.45, 7) is 4.21. The van der Waals surface area contributed by atoms with Crippen LogP contribution < -0.4 is 5.32 Å². The van der Waals surface area contributed by atoms with Crippen molar-refractivity contribution >= 4 is 5.84 Å². The molecule has 0 aromatic carbocycles. The molecule has 13 heavy (non-hydrogen) atoms. The first-order valence-corrected chi connectivity index (χ1v) is 5.03. The van der Waals surface area contributed by atoms with Crippen LogP contribution in [0, 0.1) is 11.8 Å². The number of rotatable bonds is 1. The molecule has 3 rings (SSSR count). The maximum absolute atomic E-state index is 4.47. The second kappa shape index (κ2) is 2.47. The third-order valence-corrected chi connectivity index (χ3v) is 3.25.